The van der Waals surface area contributed by atoms with Crippen LogP contribution < -0.4 is 5.32 Å². The molecule has 1 aromatic heterocycles. The third-order valence-electron chi connectivity index (χ3n) is 2.87. The highest BCUT2D eigenvalue weighted by molar-refractivity contribution is 7.14. The molecule has 104 valence electrons. The van der Waals surface area contributed by atoms with Crippen LogP contribution in [0.15, 0.2) is 34.8 Å². The number of nitrogens with zero attached hydrogens (tertiary/aromatic N) is 2. The predicted molar refractivity (Wildman–Crippen MR) is 79.9 cm³/mol. The Labute approximate surface area is 121 Å². The SMILES string of the molecule is CCc1ccc(C(=O)Nc2nc(C(C)=NO)cs2)cc1. The number of anilines is 1. The Morgan fingerprint density at radius 1 is 1.40 bits per heavy atom. The smallest absolute Gasteiger partial charge is 0.257 e. The predicted octanol–water partition coefficient (Wildman–Crippen LogP) is 3.16. The molecule has 2 rings (SSSR count). The summed E-state index contributed by atoms with van der Waals surface area (Å²) >= 11 is 1.29. The van der Waals surface area contributed by atoms with E-state index >= 15 is 0 Å². The van der Waals surface area contributed by atoms with Crippen LogP contribution >= 0.6 is 11.3 Å². The zero-order valence-electron chi connectivity index (χ0n) is 11.3. The number of nitrogens with one attached hydrogen (secondary N) is 1. The minimum absolute atomic E-state index is 0.202. The highest BCUT2D eigenvalue weighted by atomic mass is 32.1. The number of hydrogen-bond donors (Lipinski definition) is 2. The van der Waals surface area contributed by atoms with E-state index in [0.717, 1.165) is 6.42 Å². The molecule has 0 atom stereocenters. The molecule has 0 radical (unpaired) electrons. The second-order valence-electron chi connectivity index (χ2n) is 4.23. The molecule has 0 aliphatic heterocycles. The number of aryl methyl sites for hydroxylation is 1. The minimum atomic E-state index is -0.202. The summed E-state index contributed by atoms with van der Waals surface area (Å²) < 4.78 is 0. The van der Waals surface area contributed by atoms with Gasteiger partial charge in [0.05, 0.1) is 0 Å². The molecule has 5 nitrogen and oxygen atoms in total. The first-order valence-corrected chi connectivity index (χ1v) is 7.07. The maximum atomic E-state index is 12.0. The van der Waals surface area contributed by atoms with Crippen LogP contribution in [0.1, 0.15) is 35.5 Å². The molecule has 0 spiro atoms. The van der Waals surface area contributed by atoms with Gasteiger partial charge >= 0.3 is 0 Å². The molecule has 0 unspecified atom stereocenters. The van der Waals surface area contributed by atoms with Gasteiger partial charge < -0.3 is 5.21 Å². The van der Waals surface area contributed by atoms with Gasteiger partial charge in [0.25, 0.3) is 5.91 Å². The molecule has 1 heterocycles. The summed E-state index contributed by atoms with van der Waals surface area (Å²) in [6.07, 6.45) is 0.942. The van der Waals surface area contributed by atoms with Crippen molar-refractivity contribution in [2.24, 2.45) is 5.16 Å². The number of oxime groups is 1. The Morgan fingerprint density at radius 3 is 2.70 bits per heavy atom. The van der Waals surface area contributed by atoms with Gasteiger partial charge in [0, 0.05) is 10.9 Å². The maximum Gasteiger partial charge on any atom is 0.257 e. The molecule has 20 heavy (non-hydrogen) atoms. The number of amides is 1. The molecule has 2 aromatic rings. The van der Waals surface area contributed by atoms with Crippen molar-refractivity contribution < 1.29 is 10.0 Å². The van der Waals surface area contributed by atoms with Gasteiger partial charge in [-0.3, -0.25) is 10.1 Å². The number of benzene rings is 1. The summed E-state index contributed by atoms with van der Waals surface area (Å²) in [4.78, 5) is 16.2. The van der Waals surface area contributed by atoms with Crippen molar-refractivity contribution in [1.29, 1.82) is 0 Å². The summed E-state index contributed by atoms with van der Waals surface area (Å²) in [5, 5.41) is 16.7. The third-order valence-corrected chi connectivity index (χ3v) is 3.63. The van der Waals surface area contributed by atoms with Gasteiger partial charge in [-0.25, -0.2) is 4.98 Å². The molecule has 0 saturated heterocycles. The second kappa shape index (κ2) is 6.29. The highest BCUT2D eigenvalue weighted by Crippen LogP contribution is 2.17. The van der Waals surface area contributed by atoms with Crippen molar-refractivity contribution in [3.63, 3.8) is 0 Å². The first-order chi connectivity index (χ1) is 9.63. The second-order valence-corrected chi connectivity index (χ2v) is 5.09. The Kier molecular flexibility index (Phi) is 4.47. The van der Waals surface area contributed by atoms with E-state index in [1.807, 2.05) is 12.1 Å². The van der Waals surface area contributed by atoms with Crippen LogP contribution in [0.2, 0.25) is 0 Å². The van der Waals surface area contributed by atoms with Gasteiger partial charge in [0.2, 0.25) is 0 Å². The molecule has 2 N–H and O–H groups in total. The molecular weight excluding hydrogens is 274 g/mol. The molecule has 0 aliphatic rings. The lowest BCUT2D eigenvalue weighted by molar-refractivity contribution is 0.102. The van der Waals surface area contributed by atoms with E-state index in [0.29, 0.717) is 22.1 Å². The molecule has 6 heteroatoms. The summed E-state index contributed by atoms with van der Waals surface area (Å²) in [6, 6.07) is 7.46. The van der Waals surface area contributed by atoms with Gasteiger partial charge in [-0.15, -0.1) is 11.3 Å². The van der Waals surface area contributed by atoms with E-state index < -0.39 is 0 Å². The van der Waals surface area contributed by atoms with Crippen LogP contribution in [0.3, 0.4) is 0 Å². The fraction of sp³-hybridized carbons (Fsp3) is 0.214. The lowest BCUT2D eigenvalue weighted by atomic mass is 10.1. The van der Waals surface area contributed by atoms with Crippen molar-refractivity contribution in [2.45, 2.75) is 20.3 Å². The number of carbonyl (C=O) groups is 1. The van der Waals surface area contributed by atoms with E-state index in [-0.39, 0.29) is 5.91 Å². The van der Waals surface area contributed by atoms with Gasteiger partial charge in [0.15, 0.2) is 5.13 Å². The van der Waals surface area contributed by atoms with Crippen LogP contribution in [0.5, 0.6) is 0 Å². The molecule has 0 fully saturated rings. The van der Waals surface area contributed by atoms with Crippen LogP contribution in [0.25, 0.3) is 0 Å². The maximum absolute atomic E-state index is 12.0. The lowest BCUT2D eigenvalue weighted by Crippen LogP contribution is -2.11. The van der Waals surface area contributed by atoms with Crippen molar-refractivity contribution >= 4 is 28.1 Å². The fourth-order valence-corrected chi connectivity index (χ4v) is 2.36. The molecule has 1 aromatic carbocycles. The third kappa shape index (κ3) is 3.21. The summed E-state index contributed by atoms with van der Waals surface area (Å²) in [7, 11) is 0. The van der Waals surface area contributed by atoms with Crippen molar-refractivity contribution in [1.82, 2.24) is 4.98 Å². The highest BCUT2D eigenvalue weighted by Gasteiger charge is 2.10. The number of rotatable bonds is 4. The van der Waals surface area contributed by atoms with E-state index in [4.69, 9.17) is 5.21 Å². The average molecular weight is 289 g/mol. The monoisotopic (exact) mass is 289 g/mol. The molecule has 0 aliphatic carbocycles. The van der Waals surface area contributed by atoms with Gasteiger partial charge in [-0.2, -0.15) is 0 Å². The number of aromatic nitrogens is 1. The number of hydrogen-bond acceptors (Lipinski definition) is 5. The Balaban J connectivity index is 2.09. The zero-order chi connectivity index (χ0) is 14.5. The van der Waals surface area contributed by atoms with Crippen LogP contribution in [0.4, 0.5) is 5.13 Å². The Hall–Kier alpha value is -2.21. The van der Waals surface area contributed by atoms with Crippen LogP contribution in [-0.4, -0.2) is 21.8 Å². The van der Waals surface area contributed by atoms with Crippen LogP contribution in [-0.2, 0) is 6.42 Å². The topological polar surface area (TPSA) is 74.6 Å². The van der Waals surface area contributed by atoms with Crippen molar-refractivity contribution in [3.8, 4) is 0 Å². The Morgan fingerprint density at radius 2 is 2.10 bits per heavy atom. The largest absolute Gasteiger partial charge is 0.411 e. The average Bonchev–Trinajstić information content (AvgIpc) is 2.95. The van der Waals surface area contributed by atoms with E-state index in [1.165, 1.54) is 16.9 Å². The lowest BCUT2D eigenvalue weighted by Gasteiger charge is -2.02. The fourth-order valence-electron chi connectivity index (χ4n) is 1.61. The molecule has 0 saturated carbocycles. The first-order valence-electron chi connectivity index (χ1n) is 6.19. The first kappa shape index (κ1) is 14.2. The summed E-state index contributed by atoms with van der Waals surface area (Å²) in [5.74, 6) is -0.202. The normalized spacial score (nSPS) is 11.4. The quantitative estimate of drug-likeness (QED) is 0.516. The summed E-state index contributed by atoms with van der Waals surface area (Å²) in [6.45, 7) is 3.71. The molecular formula is C14H15N3O2S. The van der Waals surface area contributed by atoms with Gasteiger partial charge in [0.1, 0.15) is 11.4 Å². The van der Waals surface area contributed by atoms with E-state index in [1.54, 1.807) is 24.4 Å². The van der Waals surface area contributed by atoms with Gasteiger partial charge in [-0.1, -0.05) is 24.2 Å². The van der Waals surface area contributed by atoms with Crippen molar-refractivity contribution in [2.75, 3.05) is 5.32 Å². The number of thiazole rings is 1. The number of carbonyl (C=O) groups excluding carboxylic acids is 1. The zero-order valence-corrected chi connectivity index (χ0v) is 12.1. The molecule has 0 bridgehead atoms. The van der Waals surface area contributed by atoms with Crippen molar-refractivity contribution in [3.05, 3.63) is 46.5 Å². The minimum Gasteiger partial charge on any atom is -0.411 e. The standard InChI is InChI=1S/C14H15N3O2S/c1-3-10-4-6-11(7-5-10)13(18)16-14-15-12(8-20-14)9(2)17-19/h4-8,19H,3H2,1-2H3,(H,15,16,18). The van der Waals surface area contributed by atoms with Crippen LogP contribution in [0, 0.1) is 0 Å². The van der Waals surface area contributed by atoms with Gasteiger partial charge in [-0.05, 0) is 31.0 Å². The molecule has 1 amide bonds. The van der Waals surface area contributed by atoms with E-state index in [9.17, 15) is 4.79 Å². The van der Waals surface area contributed by atoms with E-state index in [2.05, 4.69) is 22.4 Å². The summed E-state index contributed by atoms with van der Waals surface area (Å²) in [5.41, 5.74) is 2.74. The Bertz CT molecular complexity index is 632.